The third kappa shape index (κ3) is 3.23. The Labute approximate surface area is 118 Å². The van der Waals surface area contributed by atoms with Crippen LogP contribution in [-0.4, -0.2) is 22.7 Å². The summed E-state index contributed by atoms with van der Waals surface area (Å²) in [6.45, 7) is 4.46. The third-order valence-electron chi connectivity index (χ3n) is 3.36. The number of anilines is 1. The molecule has 0 radical (unpaired) electrons. The molecule has 1 aliphatic heterocycles. The smallest absolute Gasteiger partial charge is 0.161 e. The average Bonchev–Trinajstić information content (AvgIpc) is 2.39. The van der Waals surface area contributed by atoms with E-state index in [1.54, 1.807) is 11.8 Å². The maximum Gasteiger partial charge on any atom is 0.161 e. The monoisotopic (exact) mass is 280 g/mol. The summed E-state index contributed by atoms with van der Waals surface area (Å²) >= 11 is 3.59. The van der Waals surface area contributed by atoms with E-state index < -0.39 is 0 Å². The van der Waals surface area contributed by atoms with Gasteiger partial charge in [-0.25, -0.2) is 0 Å². The number of rotatable bonds is 3. The number of para-hydroxylation sites is 1. The van der Waals surface area contributed by atoms with E-state index >= 15 is 0 Å². The lowest BCUT2D eigenvalue weighted by atomic mass is 9.97. The van der Waals surface area contributed by atoms with Gasteiger partial charge in [0, 0.05) is 10.6 Å². The molecule has 1 aromatic rings. The van der Waals surface area contributed by atoms with Gasteiger partial charge in [0.1, 0.15) is 0 Å². The summed E-state index contributed by atoms with van der Waals surface area (Å²) in [6, 6.07) is 8.39. The Balaban J connectivity index is 2.18. The number of hydrogen-bond donors (Lipinski definition) is 1. The van der Waals surface area contributed by atoms with Gasteiger partial charge in [-0.05, 0) is 38.2 Å². The summed E-state index contributed by atoms with van der Waals surface area (Å²) in [5, 5.41) is 4.54. The molecular weight excluding hydrogens is 260 g/mol. The summed E-state index contributed by atoms with van der Waals surface area (Å²) in [6.07, 6.45) is 4.37. The van der Waals surface area contributed by atoms with Crippen LogP contribution in [0.1, 0.15) is 26.7 Å². The standard InChI is InChI=1S/C14H20N2S2/c1-4-14(2)9-10-18-13(16-14)15-11-7-5-6-8-12(11)17-3/h5-8H,4,9-10H2,1-3H3,(H,15,16). The van der Waals surface area contributed by atoms with Crippen molar-refractivity contribution in [3.8, 4) is 0 Å². The first-order chi connectivity index (χ1) is 8.67. The van der Waals surface area contributed by atoms with Gasteiger partial charge in [0.25, 0.3) is 0 Å². The molecule has 1 aliphatic rings. The van der Waals surface area contributed by atoms with E-state index in [4.69, 9.17) is 4.99 Å². The summed E-state index contributed by atoms with van der Waals surface area (Å²) in [5.74, 6) is 1.15. The highest BCUT2D eigenvalue weighted by atomic mass is 32.2. The summed E-state index contributed by atoms with van der Waals surface area (Å²) < 4.78 is 0. The number of nitrogens with one attached hydrogen (secondary N) is 1. The van der Waals surface area contributed by atoms with Crippen LogP contribution in [-0.2, 0) is 0 Å². The van der Waals surface area contributed by atoms with Gasteiger partial charge < -0.3 is 5.32 Å². The first-order valence-electron chi connectivity index (χ1n) is 6.29. The van der Waals surface area contributed by atoms with E-state index in [9.17, 15) is 0 Å². The van der Waals surface area contributed by atoms with Crippen molar-refractivity contribution >= 4 is 34.4 Å². The predicted molar refractivity (Wildman–Crippen MR) is 85.1 cm³/mol. The van der Waals surface area contributed by atoms with Gasteiger partial charge in [0.2, 0.25) is 0 Å². The van der Waals surface area contributed by atoms with Gasteiger partial charge in [-0.1, -0.05) is 30.8 Å². The first kappa shape index (κ1) is 13.8. The molecule has 0 fully saturated rings. The summed E-state index contributed by atoms with van der Waals surface area (Å²) in [5.41, 5.74) is 1.28. The van der Waals surface area contributed by atoms with Crippen molar-refractivity contribution in [2.75, 3.05) is 17.3 Å². The molecule has 0 amide bonds. The lowest BCUT2D eigenvalue weighted by Crippen LogP contribution is -2.29. The number of thioether (sulfide) groups is 2. The van der Waals surface area contributed by atoms with Gasteiger partial charge in [-0.3, -0.25) is 4.99 Å². The van der Waals surface area contributed by atoms with Crippen molar-refractivity contribution in [2.45, 2.75) is 37.1 Å². The Morgan fingerprint density at radius 2 is 2.22 bits per heavy atom. The van der Waals surface area contributed by atoms with E-state index in [-0.39, 0.29) is 5.54 Å². The fourth-order valence-corrected chi connectivity index (χ4v) is 3.64. The normalized spacial score (nSPS) is 23.6. The number of hydrogen-bond acceptors (Lipinski definition) is 4. The molecule has 1 atom stereocenters. The molecule has 1 unspecified atom stereocenters. The third-order valence-corrected chi connectivity index (χ3v) is 5.03. The minimum Gasteiger partial charge on any atom is -0.334 e. The van der Waals surface area contributed by atoms with E-state index in [0.29, 0.717) is 0 Å². The zero-order valence-corrected chi connectivity index (χ0v) is 12.8. The molecule has 2 nitrogen and oxygen atoms in total. The van der Waals surface area contributed by atoms with Crippen LogP contribution in [0.3, 0.4) is 0 Å². The van der Waals surface area contributed by atoms with Crippen molar-refractivity contribution in [2.24, 2.45) is 4.99 Å². The van der Waals surface area contributed by atoms with Crippen LogP contribution in [0.4, 0.5) is 5.69 Å². The minimum absolute atomic E-state index is 0.113. The van der Waals surface area contributed by atoms with Gasteiger partial charge in [-0.2, -0.15) is 0 Å². The highest BCUT2D eigenvalue weighted by molar-refractivity contribution is 8.14. The van der Waals surface area contributed by atoms with Gasteiger partial charge >= 0.3 is 0 Å². The Bertz CT molecular complexity index is 445. The van der Waals surface area contributed by atoms with E-state index in [1.807, 2.05) is 11.8 Å². The second-order valence-electron chi connectivity index (χ2n) is 4.69. The molecule has 1 aromatic carbocycles. The molecule has 98 valence electrons. The summed E-state index contributed by atoms with van der Waals surface area (Å²) in [7, 11) is 0. The van der Waals surface area contributed by atoms with Crippen LogP contribution < -0.4 is 5.32 Å². The lowest BCUT2D eigenvalue weighted by Gasteiger charge is -2.29. The zero-order valence-electron chi connectivity index (χ0n) is 11.2. The van der Waals surface area contributed by atoms with Crippen LogP contribution >= 0.6 is 23.5 Å². The van der Waals surface area contributed by atoms with Gasteiger partial charge in [0.15, 0.2) is 5.17 Å². The molecule has 0 saturated carbocycles. The molecule has 4 heteroatoms. The molecule has 1 heterocycles. The molecule has 0 saturated heterocycles. The Morgan fingerprint density at radius 1 is 1.44 bits per heavy atom. The highest BCUT2D eigenvalue weighted by Crippen LogP contribution is 2.31. The zero-order chi connectivity index (χ0) is 13.0. The summed E-state index contributed by atoms with van der Waals surface area (Å²) in [4.78, 5) is 6.13. The van der Waals surface area contributed by atoms with E-state index in [0.717, 1.165) is 23.0 Å². The molecule has 2 rings (SSSR count). The molecule has 0 aromatic heterocycles. The fourth-order valence-electron chi connectivity index (χ4n) is 1.88. The molecule has 18 heavy (non-hydrogen) atoms. The number of aliphatic imine (C=N–C) groups is 1. The predicted octanol–water partition coefficient (Wildman–Crippen LogP) is 4.48. The van der Waals surface area contributed by atoms with Crippen molar-refractivity contribution in [1.29, 1.82) is 0 Å². The first-order valence-corrected chi connectivity index (χ1v) is 8.50. The molecule has 0 aliphatic carbocycles. The van der Waals surface area contributed by atoms with Crippen molar-refractivity contribution < 1.29 is 0 Å². The van der Waals surface area contributed by atoms with Gasteiger partial charge in [-0.15, -0.1) is 11.8 Å². The molecule has 1 N–H and O–H groups in total. The van der Waals surface area contributed by atoms with E-state index in [1.165, 1.54) is 11.3 Å². The lowest BCUT2D eigenvalue weighted by molar-refractivity contribution is 0.443. The van der Waals surface area contributed by atoms with Crippen molar-refractivity contribution in [3.05, 3.63) is 24.3 Å². The maximum atomic E-state index is 4.86. The van der Waals surface area contributed by atoms with Crippen molar-refractivity contribution in [1.82, 2.24) is 0 Å². The quantitative estimate of drug-likeness (QED) is 0.826. The van der Waals surface area contributed by atoms with E-state index in [2.05, 4.69) is 49.7 Å². The Hall–Kier alpha value is -0.610. The van der Waals surface area contributed by atoms with Crippen LogP contribution in [0.25, 0.3) is 0 Å². The van der Waals surface area contributed by atoms with Crippen LogP contribution in [0, 0.1) is 0 Å². The van der Waals surface area contributed by atoms with Crippen LogP contribution in [0.2, 0.25) is 0 Å². The second kappa shape index (κ2) is 6.02. The molecular formula is C14H20N2S2. The van der Waals surface area contributed by atoms with Crippen molar-refractivity contribution in [3.63, 3.8) is 0 Å². The number of nitrogens with zero attached hydrogens (tertiary/aromatic N) is 1. The fraction of sp³-hybridized carbons (Fsp3) is 0.500. The van der Waals surface area contributed by atoms with Gasteiger partial charge in [0.05, 0.1) is 11.2 Å². The Morgan fingerprint density at radius 3 is 2.94 bits per heavy atom. The average molecular weight is 280 g/mol. The number of amidine groups is 1. The molecule has 0 spiro atoms. The van der Waals surface area contributed by atoms with Crippen LogP contribution in [0.5, 0.6) is 0 Å². The minimum atomic E-state index is 0.113. The highest BCUT2D eigenvalue weighted by Gasteiger charge is 2.26. The largest absolute Gasteiger partial charge is 0.334 e. The second-order valence-corrected chi connectivity index (χ2v) is 6.62. The maximum absolute atomic E-state index is 4.86. The molecule has 0 bridgehead atoms. The Kier molecular flexibility index (Phi) is 4.62. The van der Waals surface area contributed by atoms with Crippen LogP contribution in [0.15, 0.2) is 34.2 Å². The SMILES string of the molecule is CCC1(C)CCSC(Nc2ccccc2SC)=N1. The topological polar surface area (TPSA) is 24.4 Å². The number of benzene rings is 1.